The fraction of sp³-hybridized carbons (Fsp3) is 0.500. The Morgan fingerprint density at radius 3 is 2.42 bits per heavy atom. The van der Waals surface area contributed by atoms with Crippen LogP contribution in [0, 0.1) is 16.0 Å². The summed E-state index contributed by atoms with van der Waals surface area (Å²) in [5.41, 5.74) is 1.32. The van der Waals surface area contributed by atoms with Crippen molar-refractivity contribution in [2.24, 2.45) is 5.92 Å². The van der Waals surface area contributed by atoms with Gasteiger partial charge >= 0.3 is 5.97 Å². The molecule has 0 aromatic heterocycles. The van der Waals surface area contributed by atoms with E-state index >= 15 is 0 Å². The quantitative estimate of drug-likeness (QED) is 0.464. The zero-order chi connectivity index (χ0) is 14.6. The second kappa shape index (κ2) is 6.31. The predicted molar refractivity (Wildman–Crippen MR) is 71.8 cm³/mol. The Labute approximate surface area is 112 Å². The Morgan fingerprint density at radius 2 is 1.95 bits per heavy atom. The summed E-state index contributed by atoms with van der Waals surface area (Å²) in [6, 6.07) is 5.03. The minimum Gasteiger partial charge on any atom is -0.460 e. The molecule has 1 rings (SSSR count). The molecule has 0 fully saturated rings. The molecule has 0 amide bonds. The number of rotatable bonds is 5. The highest BCUT2D eigenvalue weighted by Gasteiger charge is 2.18. The predicted octanol–water partition coefficient (Wildman–Crippen LogP) is 3.42. The summed E-state index contributed by atoms with van der Waals surface area (Å²) in [5.74, 6) is -0.387. The van der Waals surface area contributed by atoms with Crippen LogP contribution < -0.4 is 0 Å². The van der Waals surface area contributed by atoms with Crippen molar-refractivity contribution in [1.82, 2.24) is 0 Å². The number of esters is 1. The van der Waals surface area contributed by atoms with Crippen LogP contribution in [0.15, 0.2) is 18.2 Å². The molecule has 1 aromatic rings. The zero-order valence-corrected chi connectivity index (χ0v) is 11.7. The van der Waals surface area contributed by atoms with E-state index in [4.69, 9.17) is 4.74 Å². The zero-order valence-electron chi connectivity index (χ0n) is 11.7. The van der Waals surface area contributed by atoms with Crippen LogP contribution in [0.1, 0.15) is 44.7 Å². The van der Waals surface area contributed by atoms with E-state index in [1.54, 1.807) is 26.0 Å². The van der Waals surface area contributed by atoms with E-state index in [1.165, 1.54) is 0 Å². The second-order valence-electron chi connectivity index (χ2n) is 5.06. The van der Waals surface area contributed by atoms with Gasteiger partial charge in [0.25, 0.3) is 5.69 Å². The number of nitro benzene ring substituents is 1. The molecule has 0 N–H and O–H groups in total. The van der Waals surface area contributed by atoms with Crippen molar-refractivity contribution < 1.29 is 14.5 Å². The highest BCUT2D eigenvalue weighted by molar-refractivity contribution is 5.71. The SMILES string of the molecule is CC(C)C(=O)OCc1ccc(C(C)C)cc1[N+](=O)[O-]. The molecular weight excluding hydrogens is 246 g/mol. The molecule has 0 spiro atoms. The van der Waals surface area contributed by atoms with Crippen LogP contribution in [0.3, 0.4) is 0 Å². The fourth-order valence-electron chi connectivity index (χ4n) is 1.55. The van der Waals surface area contributed by atoms with E-state index in [1.807, 2.05) is 19.9 Å². The van der Waals surface area contributed by atoms with Gasteiger partial charge in [0.05, 0.1) is 16.4 Å². The molecule has 0 heterocycles. The molecule has 0 bridgehead atoms. The third-order valence-electron chi connectivity index (χ3n) is 2.81. The molecule has 0 radical (unpaired) electrons. The molecule has 0 atom stereocenters. The van der Waals surface area contributed by atoms with Crippen molar-refractivity contribution in [3.8, 4) is 0 Å². The molecule has 1 aromatic carbocycles. The lowest BCUT2D eigenvalue weighted by molar-refractivity contribution is -0.385. The average molecular weight is 265 g/mol. The Morgan fingerprint density at radius 1 is 1.32 bits per heavy atom. The lowest BCUT2D eigenvalue weighted by Crippen LogP contribution is -2.12. The molecule has 0 aliphatic heterocycles. The van der Waals surface area contributed by atoms with Gasteiger partial charge in [0.2, 0.25) is 0 Å². The largest absolute Gasteiger partial charge is 0.460 e. The van der Waals surface area contributed by atoms with Crippen molar-refractivity contribution in [2.75, 3.05) is 0 Å². The number of nitro groups is 1. The molecule has 0 aliphatic rings. The summed E-state index contributed by atoms with van der Waals surface area (Å²) in [4.78, 5) is 22.0. The van der Waals surface area contributed by atoms with E-state index in [0.29, 0.717) is 5.56 Å². The van der Waals surface area contributed by atoms with Crippen molar-refractivity contribution in [3.63, 3.8) is 0 Å². The normalized spacial score (nSPS) is 10.8. The summed E-state index contributed by atoms with van der Waals surface area (Å²) in [6.07, 6.45) is 0. The van der Waals surface area contributed by atoms with Gasteiger partial charge in [-0.1, -0.05) is 33.8 Å². The molecule has 0 unspecified atom stereocenters. The van der Waals surface area contributed by atoms with Crippen LogP contribution in [0.2, 0.25) is 0 Å². The van der Waals surface area contributed by atoms with E-state index in [0.717, 1.165) is 5.56 Å². The topological polar surface area (TPSA) is 69.4 Å². The first-order chi connectivity index (χ1) is 8.82. The van der Waals surface area contributed by atoms with E-state index in [9.17, 15) is 14.9 Å². The number of carbonyl (C=O) groups is 1. The lowest BCUT2D eigenvalue weighted by atomic mass is 10.0. The van der Waals surface area contributed by atoms with Crippen molar-refractivity contribution in [1.29, 1.82) is 0 Å². The summed E-state index contributed by atoms with van der Waals surface area (Å²) in [6.45, 7) is 7.32. The summed E-state index contributed by atoms with van der Waals surface area (Å²) >= 11 is 0. The Kier molecular flexibility index (Phi) is 5.03. The third kappa shape index (κ3) is 4.05. The highest BCUT2D eigenvalue weighted by Crippen LogP contribution is 2.25. The highest BCUT2D eigenvalue weighted by atomic mass is 16.6. The Hall–Kier alpha value is -1.91. The number of carbonyl (C=O) groups excluding carboxylic acids is 1. The third-order valence-corrected chi connectivity index (χ3v) is 2.81. The van der Waals surface area contributed by atoms with E-state index in [-0.39, 0.29) is 30.1 Å². The van der Waals surface area contributed by atoms with Gasteiger partial charge in [-0.15, -0.1) is 0 Å². The molecule has 0 aliphatic carbocycles. The minimum absolute atomic E-state index is 0.00255. The maximum Gasteiger partial charge on any atom is 0.308 e. The van der Waals surface area contributed by atoms with Crippen molar-refractivity contribution >= 4 is 11.7 Å². The smallest absolute Gasteiger partial charge is 0.308 e. The molecule has 0 saturated heterocycles. The van der Waals surface area contributed by atoms with Crippen LogP contribution >= 0.6 is 0 Å². The fourth-order valence-corrected chi connectivity index (χ4v) is 1.55. The van der Waals surface area contributed by atoms with Gasteiger partial charge in [0, 0.05) is 6.07 Å². The van der Waals surface area contributed by atoms with Gasteiger partial charge in [-0.05, 0) is 17.5 Å². The van der Waals surface area contributed by atoms with Crippen LogP contribution in [-0.2, 0) is 16.1 Å². The van der Waals surface area contributed by atoms with E-state index in [2.05, 4.69) is 0 Å². The number of hydrogen-bond donors (Lipinski definition) is 0. The number of benzene rings is 1. The second-order valence-corrected chi connectivity index (χ2v) is 5.06. The van der Waals surface area contributed by atoms with Gasteiger partial charge in [0.1, 0.15) is 6.61 Å². The summed E-state index contributed by atoms with van der Waals surface area (Å²) in [5, 5.41) is 11.0. The van der Waals surface area contributed by atoms with Gasteiger partial charge in [0.15, 0.2) is 0 Å². The first-order valence-corrected chi connectivity index (χ1v) is 6.26. The maximum absolute atomic E-state index is 11.4. The van der Waals surface area contributed by atoms with Gasteiger partial charge < -0.3 is 4.74 Å². The van der Waals surface area contributed by atoms with Crippen LogP contribution in [-0.4, -0.2) is 10.9 Å². The van der Waals surface area contributed by atoms with Crippen LogP contribution in [0.25, 0.3) is 0 Å². The number of ether oxygens (including phenoxy) is 1. The lowest BCUT2D eigenvalue weighted by Gasteiger charge is -2.10. The molecule has 19 heavy (non-hydrogen) atoms. The Bertz CT molecular complexity index is 480. The summed E-state index contributed by atoms with van der Waals surface area (Å²) < 4.78 is 5.04. The molecule has 104 valence electrons. The molecule has 0 saturated carbocycles. The van der Waals surface area contributed by atoms with Crippen molar-refractivity contribution in [3.05, 3.63) is 39.4 Å². The average Bonchev–Trinajstić information content (AvgIpc) is 2.35. The van der Waals surface area contributed by atoms with E-state index < -0.39 is 4.92 Å². The maximum atomic E-state index is 11.4. The first kappa shape index (κ1) is 15.1. The van der Waals surface area contributed by atoms with Gasteiger partial charge in [-0.3, -0.25) is 14.9 Å². The standard InChI is InChI=1S/C14H19NO4/c1-9(2)11-5-6-12(13(7-11)15(17)18)8-19-14(16)10(3)4/h5-7,9-10H,8H2,1-4H3. The number of hydrogen-bond acceptors (Lipinski definition) is 4. The van der Waals surface area contributed by atoms with Crippen LogP contribution in [0.4, 0.5) is 5.69 Å². The van der Waals surface area contributed by atoms with Gasteiger partial charge in [-0.25, -0.2) is 0 Å². The summed E-state index contributed by atoms with van der Waals surface area (Å²) in [7, 11) is 0. The van der Waals surface area contributed by atoms with Crippen LogP contribution in [0.5, 0.6) is 0 Å². The molecule has 5 heteroatoms. The molecule has 5 nitrogen and oxygen atoms in total. The van der Waals surface area contributed by atoms with Crippen molar-refractivity contribution in [2.45, 2.75) is 40.2 Å². The Balaban J connectivity index is 2.94. The molecular formula is C14H19NO4. The van der Waals surface area contributed by atoms with Gasteiger partial charge in [-0.2, -0.15) is 0 Å². The monoisotopic (exact) mass is 265 g/mol. The minimum atomic E-state index is -0.440. The number of nitrogens with zero attached hydrogens (tertiary/aromatic N) is 1. The first-order valence-electron chi connectivity index (χ1n) is 6.26.